The molecule has 1 aliphatic rings. The van der Waals surface area contributed by atoms with Gasteiger partial charge in [0.2, 0.25) is 0 Å². The fourth-order valence-corrected chi connectivity index (χ4v) is 1.45. The van der Waals surface area contributed by atoms with Gasteiger partial charge in [0.05, 0.1) is 18.0 Å². The summed E-state index contributed by atoms with van der Waals surface area (Å²) in [7, 11) is 0. The molecule has 1 amide bonds. The minimum absolute atomic E-state index is 0.295. The second-order valence-electron chi connectivity index (χ2n) is 3.67. The summed E-state index contributed by atoms with van der Waals surface area (Å²) < 4.78 is 5.33. The Bertz CT molecular complexity index is 505. The van der Waals surface area contributed by atoms with E-state index in [9.17, 15) is 4.79 Å². The largest absolute Gasteiger partial charge is 0.494 e. The summed E-state index contributed by atoms with van der Waals surface area (Å²) in [6, 6.07) is 7.33. The summed E-state index contributed by atoms with van der Waals surface area (Å²) >= 11 is 0. The fourth-order valence-electron chi connectivity index (χ4n) is 1.45. The SMILES string of the molecule is CCOc1ccc(N/N=C2/C(=O)NN=C2C)cc1. The van der Waals surface area contributed by atoms with Gasteiger partial charge in [-0.25, -0.2) is 5.43 Å². The lowest BCUT2D eigenvalue weighted by atomic mass is 10.3. The molecule has 1 aromatic rings. The molecule has 0 aromatic heterocycles. The van der Waals surface area contributed by atoms with Crippen LogP contribution in [0.5, 0.6) is 5.75 Å². The molecule has 2 N–H and O–H groups in total. The van der Waals surface area contributed by atoms with Crippen LogP contribution in [0.15, 0.2) is 34.5 Å². The standard InChI is InChI=1S/C12H14N4O2/c1-3-18-10-6-4-9(5-7-10)14-15-11-8(2)13-16-12(11)17/h4-7,14H,3H2,1-2H3,(H,15,16,17). The monoisotopic (exact) mass is 246 g/mol. The van der Waals surface area contributed by atoms with Crippen LogP contribution in [0.1, 0.15) is 13.8 Å². The first kappa shape index (κ1) is 12.1. The first-order valence-corrected chi connectivity index (χ1v) is 5.62. The highest BCUT2D eigenvalue weighted by Crippen LogP contribution is 2.15. The summed E-state index contributed by atoms with van der Waals surface area (Å²) in [5, 5.41) is 7.79. The quantitative estimate of drug-likeness (QED) is 0.788. The van der Waals surface area contributed by atoms with E-state index >= 15 is 0 Å². The van der Waals surface area contributed by atoms with Gasteiger partial charge in [-0.05, 0) is 38.1 Å². The number of nitrogens with zero attached hydrogens (tertiary/aromatic N) is 2. The van der Waals surface area contributed by atoms with E-state index in [0.29, 0.717) is 18.0 Å². The molecule has 1 aliphatic heterocycles. The molecule has 6 nitrogen and oxygen atoms in total. The number of hydrogen-bond acceptors (Lipinski definition) is 5. The maximum Gasteiger partial charge on any atom is 0.293 e. The number of hydrazone groups is 2. The lowest BCUT2D eigenvalue weighted by Crippen LogP contribution is -2.23. The molecule has 0 unspecified atom stereocenters. The van der Waals surface area contributed by atoms with Crippen molar-refractivity contribution in [3.05, 3.63) is 24.3 Å². The van der Waals surface area contributed by atoms with E-state index in [1.165, 1.54) is 0 Å². The number of rotatable bonds is 4. The predicted octanol–water partition coefficient (Wildman–Crippen LogP) is 1.36. The van der Waals surface area contributed by atoms with E-state index in [0.717, 1.165) is 11.4 Å². The zero-order chi connectivity index (χ0) is 13.0. The van der Waals surface area contributed by atoms with Crippen LogP contribution in [-0.4, -0.2) is 23.9 Å². The molecule has 0 atom stereocenters. The van der Waals surface area contributed by atoms with Gasteiger partial charge in [0.15, 0.2) is 5.71 Å². The van der Waals surface area contributed by atoms with E-state index in [4.69, 9.17) is 4.74 Å². The van der Waals surface area contributed by atoms with Crippen LogP contribution in [0.25, 0.3) is 0 Å². The summed E-state index contributed by atoms with van der Waals surface area (Å²) in [6.07, 6.45) is 0. The zero-order valence-electron chi connectivity index (χ0n) is 10.2. The third kappa shape index (κ3) is 2.65. The Kier molecular flexibility index (Phi) is 3.57. The average molecular weight is 246 g/mol. The Hall–Kier alpha value is -2.37. The van der Waals surface area contributed by atoms with Crippen molar-refractivity contribution in [2.45, 2.75) is 13.8 Å². The highest BCUT2D eigenvalue weighted by Gasteiger charge is 2.20. The molecule has 94 valence electrons. The van der Waals surface area contributed by atoms with Gasteiger partial charge in [0, 0.05) is 0 Å². The first-order chi connectivity index (χ1) is 8.70. The van der Waals surface area contributed by atoms with Gasteiger partial charge in [0.1, 0.15) is 5.75 Å². The van der Waals surface area contributed by atoms with Crippen molar-refractivity contribution in [2.75, 3.05) is 12.0 Å². The predicted molar refractivity (Wildman–Crippen MR) is 69.9 cm³/mol. The van der Waals surface area contributed by atoms with Crippen molar-refractivity contribution in [3.63, 3.8) is 0 Å². The second-order valence-corrected chi connectivity index (χ2v) is 3.67. The van der Waals surface area contributed by atoms with Crippen molar-refractivity contribution in [1.82, 2.24) is 5.43 Å². The van der Waals surface area contributed by atoms with Crippen LogP contribution >= 0.6 is 0 Å². The number of anilines is 1. The first-order valence-electron chi connectivity index (χ1n) is 5.62. The third-order valence-electron chi connectivity index (χ3n) is 2.35. The maximum absolute atomic E-state index is 11.3. The molecular formula is C12H14N4O2. The Morgan fingerprint density at radius 2 is 2.11 bits per heavy atom. The Labute approximate surface area is 105 Å². The lowest BCUT2D eigenvalue weighted by Gasteiger charge is -2.04. The van der Waals surface area contributed by atoms with Crippen molar-refractivity contribution >= 4 is 23.0 Å². The van der Waals surface area contributed by atoms with E-state index < -0.39 is 0 Å². The van der Waals surface area contributed by atoms with Gasteiger partial charge in [-0.2, -0.15) is 10.2 Å². The lowest BCUT2D eigenvalue weighted by molar-refractivity contribution is -0.114. The van der Waals surface area contributed by atoms with Crippen LogP contribution in [0.4, 0.5) is 5.69 Å². The van der Waals surface area contributed by atoms with Gasteiger partial charge in [-0.3, -0.25) is 10.2 Å². The highest BCUT2D eigenvalue weighted by molar-refractivity contribution is 6.68. The van der Waals surface area contributed by atoms with Crippen LogP contribution in [0.2, 0.25) is 0 Å². The molecule has 0 bridgehead atoms. The molecule has 6 heteroatoms. The second kappa shape index (κ2) is 5.31. The van der Waals surface area contributed by atoms with E-state index in [1.807, 2.05) is 31.2 Å². The molecule has 0 saturated carbocycles. The van der Waals surface area contributed by atoms with Crippen molar-refractivity contribution in [3.8, 4) is 5.75 Å². The minimum atomic E-state index is -0.300. The molecule has 0 fully saturated rings. The molecule has 2 rings (SSSR count). The van der Waals surface area contributed by atoms with Crippen LogP contribution in [-0.2, 0) is 4.79 Å². The van der Waals surface area contributed by atoms with Crippen molar-refractivity contribution in [1.29, 1.82) is 0 Å². The van der Waals surface area contributed by atoms with Crippen LogP contribution in [0.3, 0.4) is 0 Å². The number of carbonyl (C=O) groups excluding carboxylic acids is 1. The number of carbonyl (C=O) groups is 1. The van der Waals surface area contributed by atoms with Crippen molar-refractivity contribution < 1.29 is 9.53 Å². The molecule has 18 heavy (non-hydrogen) atoms. The topological polar surface area (TPSA) is 75.1 Å². The summed E-state index contributed by atoms with van der Waals surface area (Å²) in [5.74, 6) is 0.498. The van der Waals surface area contributed by atoms with Gasteiger partial charge < -0.3 is 4.74 Å². The van der Waals surface area contributed by atoms with Crippen molar-refractivity contribution in [2.24, 2.45) is 10.2 Å². The summed E-state index contributed by atoms with van der Waals surface area (Å²) in [6.45, 7) is 4.28. The Morgan fingerprint density at radius 1 is 1.39 bits per heavy atom. The molecule has 1 aromatic carbocycles. The van der Waals surface area contributed by atoms with Gasteiger partial charge in [-0.15, -0.1) is 0 Å². The number of benzene rings is 1. The average Bonchev–Trinajstić information content (AvgIpc) is 2.69. The number of ether oxygens (including phenoxy) is 1. The summed E-state index contributed by atoms with van der Waals surface area (Å²) in [4.78, 5) is 11.3. The molecule has 0 saturated heterocycles. The third-order valence-corrected chi connectivity index (χ3v) is 2.35. The number of nitrogens with one attached hydrogen (secondary N) is 2. The Morgan fingerprint density at radius 3 is 2.67 bits per heavy atom. The molecule has 0 radical (unpaired) electrons. The molecular weight excluding hydrogens is 232 g/mol. The van der Waals surface area contributed by atoms with E-state index in [1.54, 1.807) is 6.92 Å². The maximum atomic E-state index is 11.3. The smallest absolute Gasteiger partial charge is 0.293 e. The van der Waals surface area contributed by atoms with Gasteiger partial charge in [-0.1, -0.05) is 0 Å². The fraction of sp³-hybridized carbons (Fsp3) is 0.250. The van der Waals surface area contributed by atoms with E-state index in [-0.39, 0.29) is 5.91 Å². The molecule has 0 spiro atoms. The summed E-state index contributed by atoms with van der Waals surface area (Å²) in [5.41, 5.74) is 6.79. The minimum Gasteiger partial charge on any atom is -0.494 e. The van der Waals surface area contributed by atoms with Gasteiger partial charge >= 0.3 is 0 Å². The Balaban J connectivity index is 2.04. The van der Waals surface area contributed by atoms with Gasteiger partial charge in [0.25, 0.3) is 5.91 Å². The normalized spacial score (nSPS) is 16.4. The number of hydrogen-bond donors (Lipinski definition) is 2. The molecule has 1 heterocycles. The van der Waals surface area contributed by atoms with E-state index in [2.05, 4.69) is 21.1 Å². The molecule has 0 aliphatic carbocycles. The highest BCUT2D eigenvalue weighted by atomic mass is 16.5. The van der Waals surface area contributed by atoms with Crippen LogP contribution in [0, 0.1) is 0 Å². The zero-order valence-corrected chi connectivity index (χ0v) is 10.2. The number of amides is 1. The van der Waals surface area contributed by atoms with Crippen LogP contribution < -0.4 is 15.6 Å².